The molecule has 2 N–H and O–H groups in total. The minimum Gasteiger partial charge on any atom is -0.396 e. The SMILES string of the molecule is CCC(C)(CCO)NC(C)CCOC. The highest BCUT2D eigenvalue weighted by Crippen LogP contribution is 2.15. The summed E-state index contributed by atoms with van der Waals surface area (Å²) in [5.41, 5.74) is 0.0574. The van der Waals surface area contributed by atoms with Crippen molar-refractivity contribution in [2.45, 2.75) is 51.6 Å². The molecular weight excluding hydrogens is 178 g/mol. The summed E-state index contributed by atoms with van der Waals surface area (Å²) in [5, 5.41) is 12.5. The fourth-order valence-corrected chi connectivity index (χ4v) is 1.56. The Morgan fingerprint density at radius 1 is 1.50 bits per heavy atom. The van der Waals surface area contributed by atoms with E-state index in [9.17, 15) is 0 Å². The van der Waals surface area contributed by atoms with Crippen molar-refractivity contribution in [3.8, 4) is 0 Å². The van der Waals surface area contributed by atoms with Crippen LogP contribution in [0.4, 0.5) is 0 Å². The topological polar surface area (TPSA) is 41.5 Å². The first-order valence-corrected chi connectivity index (χ1v) is 5.45. The number of aliphatic hydroxyl groups excluding tert-OH is 1. The summed E-state index contributed by atoms with van der Waals surface area (Å²) in [5.74, 6) is 0. The summed E-state index contributed by atoms with van der Waals surface area (Å²) in [6.45, 7) is 7.49. The molecule has 0 amide bonds. The summed E-state index contributed by atoms with van der Waals surface area (Å²) in [4.78, 5) is 0. The van der Waals surface area contributed by atoms with Gasteiger partial charge < -0.3 is 15.2 Å². The Hall–Kier alpha value is -0.120. The van der Waals surface area contributed by atoms with E-state index in [4.69, 9.17) is 9.84 Å². The van der Waals surface area contributed by atoms with Gasteiger partial charge in [-0.25, -0.2) is 0 Å². The fraction of sp³-hybridized carbons (Fsp3) is 1.00. The largest absolute Gasteiger partial charge is 0.396 e. The normalized spacial score (nSPS) is 17.8. The maximum Gasteiger partial charge on any atom is 0.0476 e. The van der Waals surface area contributed by atoms with Crippen LogP contribution in [0.15, 0.2) is 0 Å². The molecule has 0 bridgehead atoms. The van der Waals surface area contributed by atoms with Gasteiger partial charge in [0.25, 0.3) is 0 Å². The monoisotopic (exact) mass is 203 g/mol. The van der Waals surface area contributed by atoms with E-state index < -0.39 is 0 Å². The van der Waals surface area contributed by atoms with Gasteiger partial charge in [-0.3, -0.25) is 0 Å². The van der Waals surface area contributed by atoms with Crippen LogP contribution < -0.4 is 5.32 Å². The lowest BCUT2D eigenvalue weighted by Gasteiger charge is -2.32. The van der Waals surface area contributed by atoms with Gasteiger partial charge in [-0.2, -0.15) is 0 Å². The average Bonchev–Trinajstić information content (AvgIpc) is 2.15. The molecule has 14 heavy (non-hydrogen) atoms. The Morgan fingerprint density at radius 2 is 2.14 bits per heavy atom. The molecule has 0 aliphatic heterocycles. The van der Waals surface area contributed by atoms with Gasteiger partial charge in [0.05, 0.1) is 0 Å². The van der Waals surface area contributed by atoms with Crippen LogP contribution >= 0.6 is 0 Å². The highest BCUT2D eigenvalue weighted by atomic mass is 16.5. The summed E-state index contributed by atoms with van der Waals surface area (Å²) < 4.78 is 5.03. The first kappa shape index (κ1) is 13.9. The van der Waals surface area contributed by atoms with Gasteiger partial charge in [-0.15, -0.1) is 0 Å². The molecule has 0 radical (unpaired) electrons. The number of rotatable bonds is 8. The summed E-state index contributed by atoms with van der Waals surface area (Å²) in [6.07, 6.45) is 2.85. The molecule has 2 atom stereocenters. The van der Waals surface area contributed by atoms with Gasteiger partial charge in [0, 0.05) is 31.9 Å². The number of aliphatic hydroxyl groups is 1. The van der Waals surface area contributed by atoms with Crippen molar-refractivity contribution in [1.29, 1.82) is 0 Å². The van der Waals surface area contributed by atoms with Gasteiger partial charge in [-0.05, 0) is 33.1 Å². The third-order valence-corrected chi connectivity index (χ3v) is 2.79. The van der Waals surface area contributed by atoms with E-state index in [2.05, 4.69) is 26.1 Å². The smallest absolute Gasteiger partial charge is 0.0476 e. The highest BCUT2D eigenvalue weighted by molar-refractivity contribution is 4.83. The Kier molecular flexibility index (Phi) is 7.15. The molecule has 0 aromatic rings. The lowest BCUT2D eigenvalue weighted by Crippen LogP contribution is -2.47. The summed E-state index contributed by atoms with van der Waals surface area (Å²) in [6, 6.07) is 0.437. The van der Waals surface area contributed by atoms with Crippen LogP contribution in [0, 0.1) is 0 Å². The second kappa shape index (κ2) is 7.21. The molecule has 0 saturated heterocycles. The first-order valence-electron chi connectivity index (χ1n) is 5.45. The van der Waals surface area contributed by atoms with Gasteiger partial charge in [0.15, 0.2) is 0 Å². The van der Waals surface area contributed by atoms with Crippen LogP contribution in [0.25, 0.3) is 0 Å². The highest BCUT2D eigenvalue weighted by Gasteiger charge is 2.22. The predicted molar refractivity (Wildman–Crippen MR) is 59.5 cm³/mol. The van der Waals surface area contributed by atoms with Crippen molar-refractivity contribution in [2.75, 3.05) is 20.3 Å². The Morgan fingerprint density at radius 3 is 2.57 bits per heavy atom. The molecule has 0 aliphatic carbocycles. The second-order valence-corrected chi connectivity index (χ2v) is 4.21. The van der Waals surface area contributed by atoms with Gasteiger partial charge >= 0.3 is 0 Å². The molecule has 0 rings (SSSR count). The Bertz CT molecular complexity index is 141. The minimum absolute atomic E-state index is 0.0574. The lowest BCUT2D eigenvalue weighted by atomic mass is 9.93. The molecule has 0 aromatic carbocycles. The molecule has 2 unspecified atom stereocenters. The minimum atomic E-state index is 0.0574. The molecular formula is C11H25NO2. The van der Waals surface area contributed by atoms with Crippen LogP contribution in [0.2, 0.25) is 0 Å². The van der Waals surface area contributed by atoms with Crippen molar-refractivity contribution in [1.82, 2.24) is 5.32 Å². The van der Waals surface area contributed by atoms with Crippen LogP contribution in [-0.4, -0.2) is 37.0 Å². The van der Waals surface area contributed by atoms with Gasteiger partial charge in [0.1, 0.15) is 0 Å². The molecule has 3 nitrogen and oxygen atoms in total. The molecule has 0 saturated carbocycles. The average molecular weight is 203 g/mol. The second-order valence-electron chi connectivity index (χ2n) is 4.21. The van der Waals surface area contributed by atoms with Crippen LogP contribution in [0.3, 0.4) is 0 Å². The molecule has 0 heterocycles. The van der Waals surface area contributed by atoms with Crippen molar-refractivity contribution in [2.24, 2.45) is 0 Å². The Labute approximate surface area is 87.8 Å². The molecule has 0 spiro atoms. The molecule has 0 aliphatic rings. The van der Waals surface area contributed by atoms with E-state index in [1.807, 2.05) is 0 Å². The quantitative estimate of drug-likeness (QED) is 0.629. The van der Waals surface area contributed by atoms with Crippen molar-refractivity contribution in [3.05, 3.63) is 0 Å². The zero-order chi connectivity index (χ0) is 11.0. The van der Waals surface area contributed by atoms with Crippen molar-refractivity contribution < 1.29 is 9.84 Å². The van der Waals surface area contributed by atoms with Gasteiger partial charge in [-0.1, -0.05) is 6.92 Å². The van der Waals surface area contributed by atoms with Crippen LogP contribution in [0.1, 0.15) is 40.0 Å². The summed E-state index contributed by atoms with van der Waals surface area (Å²) >= 11 is 0. The Balaban J connectivity index is 3.89. The zero-order valence-corrected chi connectivity index (χ0v) is 9.97. The fourth-order valence-electron chi connectivity index (χ4n) is 1.56. The summed E-state index contributed by atoms with van der Waals surface area (Å²) in [7, 11) is 1.72. The van der Waals surface area contributed by atoms with Crippen molar-refractivity contribution in [3.63, 3.8) is 0 Å². The number of hydrogen-bond donors (Lipinski definition) is 2. The lowest BCUT2D eigenvalue weighted by molar-refractivity contribution is 0.164. The van der Waals surface area contributed by atoms with E-state index in [0.29, 0.717) is 6.04 Å². The third kappa shape index (κ3) is 5.58. The van der Waals surface area contributed by atoms with E-state index in [0.717, 1.165) is 25.9 Å². The number of nitrogens with one attached hydrogen (secondary N) is 1. The standard InChI is InChI=1S/C11H25NO2/c1-5-11(3,7-8-13)12-10(2)6-9-14-4/h10,12-13H,5-9H2,1-4H3. The van der Waals surface area contributed by atoms with Crippen LogP contribution in [-0.2, 0) is 4.74 Å². The molecule has 0 aromatic heterocycles. The number of hydrogen-bond acceptors (Lipinski definition) is 3. The van der Waals surface area contributed by atoms with E-state index in [1.54, 1.807) is 7.11 Å². The van der Waals surface area contributed by atoms with Crippen molar-refractivity contribution >= 4 is 0 Å². The molecule has 86 valence electrons. The van der Waals surface area contributed by atoms with Gasteiger partial charge in [0.2, 0.25) is 0 Å². The molecule has 0 fully saturated rings. The first-order chi connectivity index (χ1) is 6.58. The number of methoxy groups -OCH3 is 1. The third-order valence-electron chi connectivity index (χ3n) is 2.79. The maximum atomic E-state index is 8.96. The van der Waals surface area contributed by atoms with E-state index in [-0.39, 0.29) is 12.1 Å². The zero-order valence-electron chi connectivity index (χ0n) is 9.97. The molecule has 3 heteroatoms. The number of ether oxygens (including phenoxy) is 1. The maximum absolute atomic E-state index is 8.96. The van der Waals surface area contributed by atoms with E-state index in [1.165, 1.54) is 0 Å². The predicted octanol–water partition coefficient (Wildman–Crippen LogP) is 1.55. The van der Waals surface area contributed by atoms with Crippen LogP contribution in [0.5, 0.6) is 0 Å². The van der Waals surface area contributed by atoms with E-state index >= 15 is 0 Å².